The van der Waals surface area contributed by atoms with Gasteiger partial charge in [0.2, 0.25) is 0 Å². The maximum Gasteiger partial charge on any atom is 0.306 e. The Morgan fingerprint density at radius 3 is 2.13 bits per heavy atom. The summed E-state index contributed by atoms with van der Waals surface area (Å²) in [6.07, 6.45) is 0.0835. The average Bonchev–Trinajstić information content (AvgIpc) is 2.59. The molecule has 1 amide bonds. The number of amides is 1. The van der Waals surface area contributed by atoms with Crippen molar-refractivity contribution in [2.24, 2.45) is 0 Å². The molecule has 0 bridgehead atoms. The molecule has 0 aliphatic heterocycles. The molecule has 4 heteroatoms. The topological polar surface area (TPSA) is 55.4 Å². The number of carbonyl (C=O) groups is 2. The Hall–Kier alpha value is -2.62. The van der Waals surface area contributed by atoms with E-state index in [1.807, 2.05) is 60.7 Å². The van der Waals surface area contributed by atoms with E-state index in [2.05, 4.69) is 5.32 Å². The molecule has 0 saturated carbocycles. The van der Waals surface area contributed by atoms with Crippen molar-refractivity contribution in [3.05, 3.63) is 71.8 Å². The van der Waals surface area contributed by atoms with Crippen LogP contribution in [-0.2, 0) is 27.3 Å². The van der Waals surface area contributed by atoms with E-state index in [1.165, 1.54) is 0 Å². The predicted octanol–water partition coefficient (Wildman–Crippen LogP) is 2.87. The van der Waals surface area contributed by atoms with Gasteiger partial charge in [0, 0.05) is 13.0 Å². The van der Waals surface area contributed by atoms with Crippen LogP contribution < -0.4 is 5.32 Å². The fourth-order valence-electron chi connectivity index (χ4n) is 2.13. The number of benzene rings is 2. The zero-order valence-corrected chi connectivity index (χ0v) is 13.2. The lowest BCUT2D eigenvalue weighted by Gasteiger charge is -2.13. The molecule has 1 atom stereocenters. The normalized spacial score (nSPS) is 11.5. The number of ether oxygens (including phenoxy) is 1. The summed E-state index contributed by atoms with van der Waals surface area (Å²) < 4.78 is 5.17. The molecule has 23 heavy (non-hydrogen) atoms. The molecular formula is C19H21NO3. The van der Waals surface area contributed by atoms with Crippen molar-refractivity contribution < 1.29 is 14.3 Å². The SMILES string of the molecule is C[C@H](OC(=O)CCc1ccccc1)C(=O)NCc1ccccc1. The summed E-state index contributed by atoms with van der Waals surface area (Å²) in [5.41, 5.74) is 2.08. The molecule has 0 aromatic heterocycles. The summed E-state index contributed by atoms with van der Waals surface area (Å²) in [4.78, 5) is 23.7. The van der Waals surface area contributed by atoms with E-state index in [1.54, 1.807) is 6.92 Å². The van der Waals surface area contributed by atoms with Crippen LogP contribution in [0, 0.1) is 0 Å². The van der Waals surface area contributed by atoms with E-state index < -0.39 is 6.10 Å². The highest BCUT2D eigenvalue weighted by Gasteiger charge is 2.17. The van der Waals surface area contributed by atoms with E-state index in [0.29, 0.717) is 13.0 Å². The third kappa shape index (κ3) is 5.94. The molecule has 1 N–H and O–H groups in total. The zero-order chi connectivity index (χ0) is 16.5. The van der Waals surface area contributed by atoms with Gasteiger partial charge in [0.25, 0.3) is 5.91 Å². The molecule has 0 aliphatic carbocycles. The third-order valence-electron chi connectivity index (χ3n) is 3.45. The van der Waals surface area contributed by atoms with Gasteiger partial charge in [0.1, 0.15) is 0 Å². The molecule has 0 radical (unpaired) electrons. The van der Waals surface area contributed by atoms with Gasteiger partial charge in [-0.05, 0) is 24.5 Å². The molecule has 0 saturated heterocycles. The Labute approximate surface area is 136 Å². The van der Waals surface area contributed by atoms with Crippen LogP contribution >= 0.6 is 0 Å². The second kappa shape index (κ2) is 8.73. The number of aryl methyl sites for hydroxylation is 1. The Morgan fingerprint density at radius 1 is 0.957 bits per heavy atom. The Morgan fingerprint density at radius 2 is 1.52 bits per heavy atom. The van der Waals surface area contributed by atoms with Gasteiger partial charge in [-0.1, -0.05) is 60.7 Å². The minimum absolute atomic E-state index is 0.264. The van der Waals surface area contributed by atoms with Crippen LogP contribution in [0.15, 0.2) is 60.7 Å². The molecule has 2 rings (SSSR count). The highest BCUT2D eigenvalue weighted by atomic mass is 16.5. The number of nitrogens with one attached hydrogen (secondary N) is 1. The average molecular weight is 311 g/mol. The van der Waals surface area contributed by atoms with Crippen molar-refractivity contribution in [1.82, 2.24) is 5.32 Å². The molecule has 0 unspecified atom stereocenters. The molecule has 0 spiro atoms. The summed E-state index contributed by atoms with van der Waals surface area (Å²) >= 11 is 0. The quantitative estimate of drug-likeness (QED) is 0.800. The lowest BCUT2D eigenvalue weighted by atomic mass is 10.1. The van der Waals surface area contributed by atoms with Crippen LogP contribution in [0.3, 0.4) is 0 Å². The van der Waals surface area contributed by atoms with Crippen molar-refractivity contribution in [3.63, 3.8) is 0 Å². The molecule has 0 heterocycles. The van der Waals surface area contributed by atoms with Gasteiger partial charge in [0.05, 0.1) is 0 Å². The lowest BCUT2D eigenvalue weighted by Crippen LogP contribution is -2.35. The van der Waals surface area contributed by atoms with Gasteiger partial charge in [-0.25, -0.2) is 0 Å². The van der Waals surface area contributed by atoms with Gasteiger partial charge in [-0.3, -0.25) is 9.59 Å². The van der Waals surface area contributed by atoms with Crippen molar-refractivity contribution in [2.75, 3.05) is 0 Å². The standard InChI is InChI=1S/C19H21NO3/c1-15(19(22)20-14-17-10-6-3-7-11-17)23-18(21)13-12-16-8-4-2-5-9-16/h2-11,15H,12-14H2,1H3,(H,20,22)/t15-/m0/s1. The second-order valence-electron chi connectivity index (χ2n) is 5.32. The predicted molar refractivity (Wildman–Crippen MR) is 88.6 cm³/mol. The fraction of sp³-hybridized carbons (Fsp3) is 0.263. The third-order valence-corrected chi connectivity index (χ3v) is 3.45. The van der Waals surface area contributed by atoms with E-state index in [0.717, 1.165) is 11.1 Å². The van der Waals surface area contributed by atoms with Gasteiger partial charge >= 0.3 is 5.97 Å². The monoisotopic (exact) mass is 311 g/mol. The first kappa shape index (κ1) is 16.7. The lowest BCUT2D eigenvalue weighted by molar-refractivity contribution is -0.154. The van der Waals surface area contributed by atoms with Crippen molar-refractivity contribution in [3.8, 4) is 0 Å². The number of esters is 1. The number of hydrogen-bond acceptors (Lipinski definition) is 3. The van der Waals surface area contributed by atoms with Crippen LogP contribution in [0.1, 0.15) is 24.5 Å². The van der Waals surface area contributed by atoms with Crippen LogP contribution in [0.2, 0.25) is 0 Å². The Bertz CT molecular complexity index is 626. The molecule has 4 nitrogen and oxygen atoms in total. The summed E-state index contributed by atoms with van der Waals surface area (Å²) in [6.45, 7) is 2.01. The van der Waals surface area contributed by atoms with Crippen molar-refractivity contribution in [2.45, 2.75) is 32.4 Å². The molecule has 2 aromatic carbocycles. The minimum Gasteiger partial charge on any atom is -0.453 e. The molecule has 120 valence electrons. The zero-order valence-electron chi connectivity index (χ0n) is 13.2. The van der Waals surface area contributed by atoms with E-state index in [9.17, 15) is 9.59 Å². The second-order valence-corrected chi connectivity index (χ2v) is 5.32. The first-order valence-corrected chi connectivity index (χ1v) is 7.70. The fourth-order valence-corrected chi connectivity index (χ4v) is 2.13. The smallest absolute Gasteiger partial charge is 0.306 e. The molecule has 2 aromatic rings. The van der Waals surface area contributed by atoms with Gasteiger partial charge in [-0.15, -0.1) is 0 Å². The summed E-state index contributed by atoms with van der Waals surface area (Å²) in [5, 5.41) is 2.76. The highest BCUT2D eigenvalue weighted by Crippen LogP contribution is 2.05. The van der Waals surface area contributed by atoms with Gasteiger partial charge < -0.3 is 10.1 Å². The molecular weight excluding hydrogens is 290 g/mol. The van der Waals surface area contributed by atoms with Crippen LogP contribution in [0.25, 0.3) is 0 Å². The molecule has 0 aliphatic rings. The largest absolute Gasteiger partial charge is 0.453 e. The summed E-state index contributed by atoms with van der Waals surface area (Å²) in [7, 11) is 0. The number of rotatable bonds is 7. The minimum atomic E-state index is -0.790. The van der Waals surface area contributed by atoms with Crippen LogP contribution in [0.4, 0.5) is 0 Å². The highest BCUT2D eigenvalue weighted by molar-refractivity contribution is 5.83. The van der Waals surface area contributed by atoms with E-state index in [4.69, 9.17) is 4.74 Å². The Balaban J connectivity index is 1.71. The van der Waals surface area contributed by atoms with Gasteiger partial charge in [0.15, 0.2) is 6.10 Å². The number of hydrogen-bond donors (Lipinski definition) is 1. The van der Waals surface area contributed by atoms with Crippen molar-refractivity contribution >= 4 is 11.9 Å². The first-order chi connectivity index (χ1) is 11.1. The Kier molecular flexibility index (Phi) is 6.36. The number of carbonyl (C=O) groups excluding carboxylic acids is 2. The maximum absolute atomic E-state index is 11.9. The van der Waals surface area contributed by atoms with E-state index >= 15 is 0 Å². The van der Waals surface area contributed by atoms with Crippen molar-refractivity contribution in [1.29, 1.82) is 0 Å². The summed E-state index contributed by atoms with van der Waals surface area (Å²) in [6, 6.07) is 19.3. The maximum atomic E-state index is 11.9. The van der Waals surface area contributed by atoms with Gasteiger partial charge in [-0.2, -0.15) is 0 Å². The van der Waals surface area contributed by atoms with Crippen LogP contribution in [0.5, 0.6) is 0 Å². The molecule has 0 fully saturated rings. The van der Waals surface area contributed by atoms with Crippen LogP contribution in [-0.4, -0.2) is 18.0 Å². The van der Waals surface area contributed by atoms with E-state index in [-0.39, 0.29) is 18.3 Å². The summed E-state index contributed by atoms with van der Waals surface area (Å²) in [5.74, 6) is -0.655. The first-order valence-electron chi connectivity index (χ1n) is 7.70.